The normalized spacial score (nSPS) is 19.0. The summed E-state index contributed by atoms with van der Waals surface area (Å²) in [7, 11) is 0. The molecule has 3 atom stereocenters. The zero-order valence-electron chi connectivity index (χ0n) is 26.3. The van der Waals surface area contributed by atoms with Crippen LogP contribution in [0.5, 0.6) is 0 Å². The van der Waals surface area contributed by atoms with Gasteiger partial charge in [-0.15, -0.1) is 0 Å². The lowest BCUT2D eigenvalue weighted by Gasteiger charge is -2.31. The molecule has 1 N–H and O–H groups in total. The third-order valence-corrected chi connectivity index (χ3v) is 11.3. The van der Waals surface area contributed by atoms with Crippen LogP contribution in [0.3, 0.4) is 0 Å². The molecule has 3 heterocycles. The highest BCUT2D eigenvalue weighted by atomic mass is 32.2. The van der Waals surface area contributed by atoms with Crippen molar-refractivity contribution >= 4 is 57.9 Å². The molecule has 0 spiro atoms. The van der Waals surface area contributed by atoms with E-state index in [4.69, 9.17) is 0 Å². The molecule has 16 heteroatoms. The largest absolute Gasteiger partial charge is 0.418 e. The number of nitrogens with zero attached hydrogens (tertiary/aromatic N) is 3. The van der Waals surface area contributed by atoms with Crippen LogP contribution in [-0.4, -0.2) is 40.6 Å². The molecular weight excluding hydrogens is 707 g/mol. The Labute approximate surface area is 289 Å². The van der Waals surface area contributed by atoms with Crippen molar-refractivity contribution in [3.8, 4) is 0 Å². The maximum absolute atomic E-state index is 14.2. The first-order valence-corrected chi connectivity index (χ1v) is 17.1. The number of benzene rings is 3. The number of carbonyl (C=O) groups excluding carboxylic acids is 3. The molecule has 0 saturated carbocycles. The predicted molar refractivity (Wildman–Crippen MR) is 178 cm³/mol. The Bertz CT molecular complexity index is 2020. The third kappa shape index (κ3) is 6.30. The van der Waals surface area contributed by atoms with Crippen LogP contribution in [0, 0.1) is 5.92 Å². The summed E-state index contributed by atoms with van der Waals surface area (Å²) in [4.78, 5) is 57.0. The van der Waals surface area contributed by atoms with Gasteiger partial charge < -0.3 is 10.2 Å². The van der Waals surface area contributed by atoms with E-state index in [1.54, 1.807) is 12.1 Å². The number of carbonyl (C=O) groups is 3. The second-order valence-electron chi connectivity index (χ2n) is 11.5. The smallest absolute Gasteiger partial charge is 0.372 e. The van der Waals surface area contributed by atoms with Crippen molar-refractivity contribution in [2.45, 2.75) is 48.9 Å². The second kappa shape index (κ2) is 13.3. The van der Waals surface area contributed by atoms with Crippen molar-refractivity contribution < 1.29 is 40.7 Å². The molecule has 1 aromatic heterocycles. The Hall–Kier alpha value is -4.57. The third-order valence-electron chi connectivity index (χ3n) is 8.69. The average Bonchev–Trinajstić information content (AvgIpc) is 3.51. The van der Waals surface area contributed by atoms with Crippen LogP contribution in [0.1, 0.15) is 41.3 Å². The Kier molecular flexibility index (Phi) is 9.37. The van der Waals surface area contributed by atoms with Gasteiger partial charge in [-0.1, -0.05) is 59.5 Å². The molecule has 2 aliphatic rings. The van der Waals surface area contributed by atoms with Gasteiger partial charge in [-0.2, -0.15) is 26.3 Å². The quantitative estimate of drug-likeness (QED) is 0.152. The van der Waals surface area contributed by atoms with Gasteiger partial charge in [-0.3, -0.25) is 23.7 Å². The average molecular weight is 735 g/mol. The number of aromatic nitrogens is 1. The highest BCUT2D eigenvalue weighted by Gasteiger charge is 2.57. The van der Waals surface area contributed by atoms with E-state index in [0.29, 0.717) is 39.8 Å². The molecule has 2 aliphatic heterocycles. The number of amides is 3. The highest BCUT2D eigenvalue weighted by Crippen LogP contribution is 2.54. The second-order valence-corrected chi connectivity index (χ2v) is 13.7. The molecule has 3 aromatic carbocycles. The lowest BCUT2D eigenvalue weighted by atomic mass is 9.83. The van der Waals surface area contributed by atoms with Crippen molar-refractivity contribution in [2.75, 3.05) is 28.2 Å². The van der Waals surface area contributed by atoms with E-state index in [9.17, 15) is 45.5 Å². The minimum Gasteiger partial charge on any atom is -0.372 e. The van der Waals surface area contributed by atoms with Gasteiger partial charge in [0.1, 0.15) is 11.8 Å². The van der Waals surface area contributed by atoms with Crippen LogP contribution in [0.4, 0.5) is 43.4 Å². The summed E-state index contributed by atoms with van der Waals surface area (Å²) in [6.45, 7) is 4.62. The number of rotatable bonds is 8. The first-order chi connectivity index (χ1) is 23.6. The highest BCUT2D eigenvalue weighted by molar-refractivity contribution is 8.00. The van der Waals surface area contributed by atoms with E-state index >= 15 is 0 Å². The van der Waals surface area contributed by atoms with E-state index in [1.165, 1.54) is 12.1 Å². The summed E-state index contributed by atoms with van der Waals surface area (Å²) in [5, 5.41) is 1.06. The number of hydrogen-bond acceptors (Lipinski definition) is 7. The molecular formula is C34H28F6N4O4S2. The fraction of sp³-hybridized carbons (Fsp3) is 0.294. The number of halogens is 6. The minimum absolute atomic E-state index is 0.130. The Morgan fingerprint density at radius 2 is 1.42 bits per heavy atom. The molecule has 3 unspecified atom stereocenters. The fourth-order valence-corrected chi connectivity index (χ4v) is 9.19. The fourth-order valence-electron chi connectivity index (χ4n) is 6.41. The van der Waals surface area contributed by atoms with E-state index in [2.05, 4.69) is 10.2 Å². The van der Waals surface area contributed by atoms with Gasteiger partial charge in [0.2, 0.25) is 17.7 Å². The number of anilines is 3. The summed E-state index contributed by atoms with van der Waals surface area (Å²) < 4.78 is 84.0. The SMILES string of the molecule is CCN(CC)c1ccc(C2c3sc(=O)n(CC(=O)Nc4ccccc4C(F)(F)F)c3SC3C(=O)N(c4ccccc4C(F)(F)F)C(=O)C32)cc1. The molecule has 0 aliphatic carbocycles. The standard InChI is InChI=1S/C34H28F6N4O4S2/c1-3-42(4-2)19-15-13-18(14-16-19)25-26-27(30(47)44(29(26)46)23-12-8-6-10-21(23)34(38,39)40)49-31-28(25)50-32(48)43(31)17-24(45)41-22-11-7-5-9-20(22)33(35,36)37/h5-16,25-27H,3-4,17H2,1-2H3,(H,41,45). The van der Waals surface area contributed by atoms with Crippen molar-refractivity contribution in [3.63, 3.8) is 0 Å². The van der Waals surface area contributed by atoms with E-state index in [1.807, 2.05) is 26.0 Å². The van der Waals surface area contributed by atoms with Crippen LogP contribution in [0.15, 0.2) is 82.6 Å². The Balaban J connectivity index is 1.43. The summed E-state index contributed by atoms with van der Waals surface area (Å²) in [5.41, 5.74) is -2.03. The number of fused-ring (bicyclic) bond motifs is 2. The van der Waals surface area contributed by atoms with E-state index in [-0.39, 0.29) is 5.03 Å². The number of hydrogen-bond donors (Lipinski definition) is 1. The first-order valence-electron chi connectivity index (χ1n) is 15.4. The molecule has 1 saturated heterocycles. The van der Waals surface area contributed by atoms with Gasteiger partial charge in [-0.25, -0.2) is 4.90 Å². The maximum Gasteiger partial charge on any atom is 0.418 e. The van der Waals surface area contributed by atoms with E-state index in [0.717, 1.165) is 58.4 Å². The number of thioether (sulfide) groups is 1. The minimum atomic E-state index is -4.88. The van der Waals surface area contributed by atoms with Gasteiger partial charge >= 0.3 is 17.2 Å². The summed E-state index contributed by atoms with van der Waals surface area (Å²) >= 11 is 1.49. The van der Waals surface area contributed by atoms with Crippen LogP contribution in [-0.2, 0) is 33.3 Å². The van der Waals surface area contributed by atoms with Gasteiger partial charge in [0, 0.05) is 29.6 Å². The monoisotopic (exact) mass is 734 g/mol. The van der Waals surface area contributed by atoms with Crippen LogP contribution >= 0.6 is 23.1 Å². The molecule has 1 fully saturated rings. The molecule has 50 heavy (non-hydrogen) atoms. The summed E-state index contributed by atoms with van der Waals surface area (Å²) in [6, 6.07) is 15.7. The predicted octanol–water partition coefficient (Wildman–Crippen LogP) is 7.23. The Morgan fingerprint density at radius 3 is 2.04 bits per heavy atom. The topological polar surface area (TPSA) is 91.7 Å². The molecule has 8 nitrogen and oxygen atoms in total. The molecule has 4 aromatic rings. The lowest BCUT2D eigenvalue weighted by molar-refractivity contribution is -0.138. The zero-order chi connectivity index (χ0) is 36.1. The summed E-state index contributed by atoms with van der Waals surface area (Å²) in [5.74, 6) is -4.93. The number of nitrogens with one attached hydrogen (secondary N) is 1. The number of thiazole rings is 1. The number of imide groups is 1. The van der Waals surface area contributed by atoms with Gasteiger partial charge in [0.25, 0.3) is 0 Å². The van der Waals surface area contributed by atoms with Crippen molar-refractivity contribution in [3.05, 3.63) is 104 Å². The van der Waals surface area contributed by atoms with Crippen molar-refractivity contribution in [1.29, 1.82) is 0 Å². The lowest BCUT2D eigenvalue weighted by Crippen LogP contribution is -2.33. The van der Waals surface area contributed by atoms with Crippen molar-refractivity contribution in [2.24, 2.45) is 5.92 Å². The first kappa shape index (κ1) is 35.3. The zero-order valence-corrected chi connectivity index (χ0v) is 28.0. The number of para-hydroxylation sites is 2. The molecule has 3 amide bonds. The van der Waals surface area contributed by atoms with Crippen LogP contribution in [0.2, 0.25) is 0 Å². The van der Waals surface area contributed by atoms with Crippen molar-refractivity contribution in [1.82, 2.24) is 4.57 Å². The Morgan fingerprint density at radius 1 is 0.820 bits per heavy atom. The molecule has 0 radical (unpaired) electrons. The molecule has 0 bridgehead atoms. The molecule has 262 valence electrons. The van der Waals surface area contributed by atoms with E-state index < -0.39 is 81.1 Å². The number of alkyl halides is 6. The van der Waals surface area contributed by atoms with Crippen LogP contribution < -0.4 is 20.0 Å². The van der Waals surface area contributed by atoms with Gasteiger partial charge in [-0.05, 0) is 55.8 Å². The molecule has 6 rings (SSSR count). The maximum atomic E-state index is 14.2. The van der Waals surface area contributed by atoms with Crippen LogP contribution in [0.25, 0.3) is 0 Å². The van der Waals surface area contributed by atoms with Gasteiger partial charge in [0.15, 0.2) is 0 Å². The summed E-state index contributed by atoms with van der Waals surface area (Å²) in [6.07, 6.45) is -9.65. The van der Waals surface area contributed by atoms with Gasteiger partial charge in [0.05, 0.1) is 33.4 Å².